The van der Waals surface area contributed by atoms with E-state index in [9.17, 15) is 9.90 Å². The van der Waals surface area contributed by atoms with Gasteiger partial charge in [0, 0.05) is 31.0 Å². The highest BCUT2D eigenvalue weighted by Gasteiger charge is 2.42. The summed E-state index contributed by atoms with van der Waals surface area (Å²) in [7, 11) is 0. The number of likely N-dealkylation sites (tertiary alicyclic amines) is 1. The molecule has 1 fully saturated rings. The number of phenols is 1. The molecule has 1 aromatic rings. The lowest BCUT2D eigenvalue weighted by molar-refractivity contribution is -0.133. The lowest BCUT2D eigenvalue weighted by Crippen LogP contribution is -2.51. The molecule has 0 spiro atoms. The van der Waals surface area contributed by atoms with Crippen LogP contribution >= 0.6 is 11.6 Å². The van der Waals surface area contributed by atoms with Crippen LogP contribution < -0.4 is 11.1 Å². The molecule has 0 aromatic heterocycles. The van der Waals surface area contributed by atoms with E-state index in [1.807, 2.05) is 28.9 Å². The molecular formula is C20H24ClN5O2. The molecule has 0 saturated carbocycles. The number of nitrogens with zero attached hydrogens (tertiary/aromatic N) is 3. The quantitative estimate of drug-likeness (QED) is 0.676. The van der Waals surface area contributed by atoms with Crippen molar-refractivity contribution in [1.29, 1.82) is 0 Å². The van der Waals surface area contributed by atoms with Crippen LogP contribution in [0.1, 0.15) is 31.7 Å². The van der Waals surface area contributed by atoms with Crippen LogP contribution in [0.25, 0.3) is 5.70 Å². The molecular weight excluding hydrogens is 378 g/mol. The highest BCUT2D eigenvalue weighted by molar-refractivity contribution is 6.30. The second kappa shape index (κ2) is 7.39. The van der Waals surface area contributed by atoms with Gasteiger partial charge >= 0.3 is 0 Å². The molecule has 1 saturated heterocycles. The number of fused-ring (bicyclic) bond motifs is 1. The minimum Gasteiger partial charge on any atom is -0.508 e. The number of piperidine rings is 1. The van der Waals surface area contributed by atoms with E-state index in [2.05, 4.69) is 10.3 Å². The number of halogens is 1. The molecule has 0 bridgehead atoms. The van der Waals surface area contributed by atoms with E-state index in [0.29, 0.717) is 24.0 Å². The van der Waals surface area contributed by atoms with Crippen LogP contribution in [0.3, 0.4) is 0 Å². The number of rotatable bonds is 3. The fraction of sp³-hybridized carbons (Fsp3) is 0.400. The average Bonchev–Trinajstić information content (AvgIpc) is 3.13. The number of aliphatic imine (C=N–C) groups is 1. The van der Waals surface area contributed by atoms with Crippen molar-refractivity contribution >= 4 is 29.0 Å². The summed E-state index contributed by atoms with van der Waals surface area (Å²) >= 11 is 6.53. The summed E-state index contributed by atoms with van der Waals surface area (Å²) in [6.07, 6.45) is 3.89. The summed E-state index contributed by atoms with van der Waals surface area (Å²) in [4.78, 5) is 20.4. The molecule has 8 heteroatoms. The zero-order valence-electron chi connectivity index (χ0n) is 15.7. The predicted molar refractivity (Wildman–Crippen MR) is 109 cm³/mol. The lowest BCUT2D eigenvalue weighted by atomic mass is 9.94. The van der Waals surface area contributed by atoms with Gasteiger partial charge < -0.3 is 26.0 Å². The SMILES string of the molecule is CCC(=O)N1CCCC(C2NC(c3ccc(O)cc3)=C3C(N)=NC=C(Cl)N32)C1. The fourth-order valence-electron chi connectivity index (χ4n) is 4.17. The first-order chi connectivity index (χ1) is 13.5. The van der Waals surface area contributed by atoms with Gasteiger partial charge in [-0.15, -0.1) is 0 Å². The molecule has 3 heterocycles. The van der Waals surface area contributed by atoms with Crippen LogP contribution in [0.5, 0.6) is 5.75 Å². The van der Waals surface area contributed by atoms with Crippen molar-refractivity contribution < 1.29 is 9.90 Å². The Morgan fingerprint density at radius 2 is 2.14 bits per heavy atom. The smallest absolute Gasteiger partial charge is 0.222 e. The Morgan fingerprint density at radius 3 is 2.86 bits per heavy atom. The van der Waals surface area contributed by atoms with E-state index >= 15 is 0 Å². The van der Waals surface area contributed by atoms with Gasteiger partial charge in [0.1, 0.15) is 28.6 Å². The van der Waals surface area contributed by atoms with E-state index < -0.39 is 0 Å². The molecule has 148 valence electrons. The Kier molecular flexibility index (Phi) is 4.93. The van der Waals surface area contributed by atoms with Crippen molar-refractivity contribution in [2.75, 3.05) is 13.1 Å². The number of nitrogens with one attached hydrogen (secondary N) is 1. The van der Waals surface area contributed by atoms with Gasteiger partial charge in [-0.05, 0) is 37.1 Å². The largest absolute Gasteiger partial charge is 0.508 e. The van der Waals surface area contributed by atoms with E-state index in [1.54, 1.807) is 18.3 Å². The van der Waals surface area contributed by atoms with Gasteiger partial charge in [-0.3, -0.25) is 4.79 Å². The van der Waals surface area contributed by atoms with Crippen molar-refractivity contribution in [2.24, 2.45) is 16.6 Å². The molecule has 0 aliphatic carbocycles. The zero-order valence-corrected chi connectivity index (χ0v) is 16.5. The topological polar surface area (TPSA) is 94.2 Å². The standard InChI is InChI=1S/C20H24ClN5O2/c1-2-16(28)25-9-3-4-13(11-25)20-24-17(12-5-7-14(27)8-6-12)18-19(22)23-10-15(21)26(18)20/h5-8,10,13,20,24,27H,2-4,9,11H2,1H3,(H2,22,23). The first-order valence-electron chi connectivity index (χ1n) is 9.56. The maximum Gasteiger partial charge on any atom is 0.222 e. The molecule has 3 aliphatic heterocycles. The number of amidine groups is 1. The van der Waals surface area contributed by atoms with Crippen LogP contribution in [0.15, 0.2) is 46.3 Å². The molecule has 0 radical (unpaired) electrons. The number of nitrogens with two attached hydrogens (primary N) is 1. The number of benzene rings is 1. The molecule has 4 N–H and O–H groups in total. The third-order valence-electron chi connectivity index (χ3n) is 5.55. The van der Waals surface area contributed by atoms with Gasteiger partial charge in [0.25, 0.3) is 0 Å². The van der Waals surface area contributed by atoms with Crippen LogP contribution in [0.4, 0.5) is 0 Å². The molecule has 2 atom stereocenters. The van der Waals surface area contributed by atoms with Crippen LogP contribution in [-0.4, -0.2) is 45.9 Å². The van der Waals surface area contributed by atoms with Gasteiger partial charge in [0.15, 0.2) is 0 Å². The molecule has 3 aliphatic rings. The number of carbonyl (C=O) groups is 1. The van der Waals surface area contributed by atoms with Gasteiger partial charge in [-0.25, -0.2) is 4.99 Å². The summed E-state index contributed by atoms with van der Waals surface area (Å²) in [6.45, 7) is 3.37. The summed E-state index contributed by atoms with van der Waals surface area (Å²) in [5.74, 6) is 0.961. The number of hydrogen-bond donors (Lipinski definition) is 3. The Morgan fingerprint density at radius 1 is 1.39 bits per heavy atom. The first-order valence-corrected chi connectivity index (χ1v) is 9.94. The number of amides is 1. The number of aromatic hydroxyl groups is 1. The molecule has 7 nitrogen and oxygen atoms in total. The lowest BCUT2D eigenvalue weighted by Gasteiger charge is -2.40. The molecule has 1 aromatic carbocycles. The van der Waals surface area contributed by atoms with Crippen LogP contribution in [0, 0.1) is 5.92 Å². The normalized spacial score (nSPS) is 24.5. The summed E-state index contributed by atoms with van der Waals surface area (Å²) < 4.78 is 0. The van der Waals surface area contributed by atoms with Crippen molar-refractivity contribution in [1.82, 2.24) is 15.1 Å². The zero-order chi connectivity index (χ0) is 19.8. The monoisotopic (exact) mass is 401 g/mol. The second-order valence-corrected chi connectivity index (χ2v) is 7.68. The Balaban J connectivity index is 1.68. The Hall–Kier alpha value is -2.67. The Labute approximate surface area is 169 Å². The van der Waals surface area contributed by atoms with Gasteiger partial charge in [-0.2, -0.15) is 0 Å². The summed E-state index contributed by atoms with van der Waals surface area (Å²) in [5, 5.41) is 13.7. The van der Waals surface area contributed by atoms with Crippen LogP contribution in [0.2, 0.25) is 0 Å². The second-order valence-electron chi connectivity index (χ2n) is 7.29. The molecule has 2 unspecified atom stereocenters. The third-order valence-corrected chi connectivity index (χ3v) is 5.83. The molecule has 4 rings (SSSR count). The first kappa shape index (κ1) is 18.7. The van der Waals surface area contributed by atoms with E-state index in [-0.39, 0.29) is 23.7 Å². The summed E-state index contributed by atoms with van der Waals surface area (Å²) in [5.41, 5.74) is 8.68. The van der Waals surface area contributed by atoms with Crippen LogP contribution in [-0.2, 0) is 4.79 Å². The maximum atomic E-state index is 12.2. The molecule has 1 amide bonds. The minimum absolute atomic E-state index is 0.121. The summed E-state index contributed by atoms with van der Waals surface area (Å²) in [6, 6.07) is 6.94. The maximum absolute atomic E-state index is 12.2. The number of carbonyl (C=O) groups excluding carboxylic acids is 1. The number of hydrogen-bond acceptors (Lipinski definition) is 6. The van der Waals surface area contributed by atoms with Gasteiger partial charge in [0.05, 0.1) is 11.9 Å². The van der Waals surface area contributed by atoms with E-state index in [1.165, 1.54) is 0 Å². The van der Waals surface area contributed by atoms with E-state index in [0.717, 1.165) is 36.3 Å². The molecule has 28 heavy (non-hydrogen) atoms. The van der Waals surface area contributed by atoms with Crippen molar-refractivity contribution in [2.45, 2.75) is 32.4 Å². The minimum atomic E-state index is -0.121. The fourth-order valence-corrected chi connectivity index (χ4v) is 4.41. The van der Waals surface area contributed by atoms with Crippen molar-refractivity contribution in [3.63, 3.8) is 0 Å². The van der Waals surface area contributed by atoms with Gasteiger partial charge in [0.2, 0.25) is 5.91 Å². The third kappa shape index (κ3) is 3.20. The predicted octanol–water partition coefficient (Wildman–Crippen LogP) is 2.35. The Bertz CT molecular complexity index is 877. The average molecular weight is 402 g/mol. The highest BCUT2D eigenvalue weighted by Crippen LogP contribution is 2.39. The van der Waals surface area contributed by atoms with Crippen molar-refractivity contribution in [3.8, 4) is 5.75 Å². The highest BCUT2D eigenvalue weighted by atomic mass is 35.5. The number of phenolic OH excluding ortho intramolecular Hbond substituents is 1. The van der Waals surface area contributed by atoms with Crippen molar-refractivity contribution in [3.05, 3.63) is 46.9 Å². The van der Waals surface area contributed by atoms with E-state index in [4.69, 9.17) is 17.3 Å². The van der Waals surface area contributed by atoms with Gasteiger partial charge in [-0.1, -0.05) is 18.5 Å².